The van der Waals surface area contributed by atoms with Crippen LogP contribution in [-0.2, 0) is 16.0 Å². The number of benzene rings is 1. The van der Waals surface area contributed by atoms with Crippen molar-refractivity contribution in [1.29, 1.82) is 0 Å². The number of amides is 1. The number of hydrogen-bond acceptors (Lipinski definition) is 6. The molecule has 36 heavy (non-hydrogen) atoms. The number of hydrogen-bond donors (Lipinski definition) is 2. The van der Waals surface area contributed by atoms with Crippen molar-refractivity contribution in [2.24, 2.45) is 0 Å². The Morgan fingerprint density at radius 1 is 1.08 bits per heavy atom. The van der Waals surface area contributed by atoms with Gasteiger partial charge in [0.25, 0.3) is 5.91 Å². The van der Waals surface area contributed by atoms with Crippen molar-refractivity contribution < 1.29 is 19.0 Å². The molecule has 0 bridgehead atoms. The Morgan fingerprint density at radius 2 is 1.89 bits per heavy atom. The Labute approximate surface area is 209 Å². The van der Waals surface area contributed by atoms with Crippen LogP contribution in [0.4, 0.5) is 15.9 Å². The van der Waals surface area contributed by atoms with Gasteiger partial charge in [-0.25, -0.2) is 9.37 Å². The number of aliphatic hydroxyl groups excluding tert-OH is 1. The van der Waals surface area contributed by atoms with Gasteiger partial charge in [0.2, 0.25) is 0 Å². The number of nitrogens with zero attached hydrogens (tertiary/aromatic N) is 3. The monoisotopic (exact) mass is 486 g/mol. The SMILES string of the molecule is CC1(C)OC(=C2C(=O)Nc3cc(F)ccc32)C=C1c1ccnc(N(CCO)CCc2ccncc2)c1. The van der Waals surface area contributed by atoms with E-state index < -0.39 is 11.4 Å². The Kier molecular flexibility index (Phi) is 6.28. The van der Waals surface area contributed by atoms with Gasteiger partial charge in [0.05, 0.1) is 17.9 Å². The van der Waals surface area contributed by atoms with E-state index in [1.165, 1.54) is 12.1 Å². The molecular weight excluding hydrogens is 459 g/mol. The molecular formula is C28H27FN4O3. The Bertz CT molecular complexity index is 1370. The first-order valence-electron chi connectivity index (χ1n) is 11.8. The van der Waals surface area contributed by atoms with Crippen LogP contribution in [0.5, 0.6) is 0 Å². The number of anilines is 2. The maximum Gasteiger partial charge on any atom is 0.260 e. The first kappa shape index (κ1) is 23.7. The van der Waals surface area contributed by atoms with E-state index in [1.54, 1.807) is 24.7 Å². The molecule has 0 saturated heterocycles. The molecule has 0 spiro atoms. The molecule has 2 aliphatic heterocycles. The third-order valence-electron chi connectivity index (χ3n) is 6.43. The van der Waals surface area contributed by atoms with E-state index >= 15 is 0 Å². The predicted octanol–water partition coefficient (Wildman–Crippen LogP) is 4.21. The maximum atomic E-state index is 13.7. The molecule has 1 amide bonds. The molecule has 0 atom stereocenters. The minimum atomic E-state index is -0.705. The number of pyridine rings is 2. The molecule has 3 aromatic rings. The zero-order valence-electron chi connectivity index (χ0n) is 20.2. The second-order valence-corrected chi connectivity index (χ2v) is 9.27. The summed E-state index contributed by atoms with van der Waals surface area (Å²) < 4.78 is 19.9. The summed E-state index contributed by atoms with van der Waals surface area (Å²) in [6.45, 7) is 5.02. The molecule has 184 valence electrons. The minimum absolute atomic E-state index is 0.00488. The fourth-order valence-corrected chi connectivity index (χ4v) is 4.64. The summed E-state index contributed by atoms with van der Waals surface area (Å²) in [5, 5.41) is 12.4. The van der Waals surface area contributed by atoms with E-state index in [9.17, 15) is 14.3 Å². The topological polar surface area (TPSA) is 87.6 Å². The van der Waals surface area contributed by atoms with Crippen LogP contribution >= 0.6 is 0 Å². The number of carbonyl (C=O) groups is 1. The zero-order valence-corrected chi connectivity index (χ0v) is 20.2. The van der Waals surface area contributed by atoms with Crippen molar-refractivity contribution in [3.05, 3.63) is 95.4 Å². The number of aromatic nitrogens is 2. The molecule has 0 aliphatic carbocycles. The molecule has 1 aromatic carbocycles. The van der Waals surface area contributed by atoms with Gasteiger partial charge in [0, 0.05) is 42.8 Å². The third kappa shape index (κ3) is 4.59. The summed E-state index contributed by atoms with van der Waals surface area (Å²) in [7, 11) is 0. The quantitative estimate of drug-likeness (QED) is 0.487. The average Bonchev–Trinajstić information content (AvgIpc) is 3.36. The van der Waals surface area contributed by atoms with Gasteiger partial charge in [0.1, 0.15) is 23.0 Å². The second-order valence-electron chi connectivity index (χ2n) is 9.27. The van der Waals surface area contributed by atoms with Gasteiger partial charge in [-0.1, -0.05) is 0 Å². The van der Waals surface area contributed by atoms with E-state index in [1.807, 2.05) is 49.1 Å². The van der Waals surface area contributed by atoms with E-state index in [4.69, 9.17) is 4.74 Å². The van der Waals surface area contributed by atoms with Crippen molar-refractivity contribution >= 4 is 28.6 Å². The normalized spacial score (nSPS) is 17.9. The highest BCUT2D eigenvalue weighted by atomic mass is 19.1. The fraction of sp³-hybridized carbons (Fsp3) is 0.250. The van der Waals surface area contributed by atoms with Crippen molar-refractivity contribution in [3.8, 4) is 0 Å². The largest absolute Gasteiger partial charge is 0.482 e. The van der Waals surface area contributed by atoms with Gasteiger partial charge in [-0.2, -0.15) is 0 Å². The summed E-state index contributed by atoms with van der Waals surface area (Å²) in [6.07, 6.45) is 7.94. The van der Waals surface area contributed by atoms with Gasteiger partial charge in [-0.3, -0.25) is 9.78 Å². The minimum Gasteiger partial charge on any atom is -0.482 e. The van der Waals surface area contributed by atoms with Gasteiger partial charge in [-0.05, 0) is 79.9 Å². The maximum absolute atomic E-state index is 13.7. The van der Waals surface area contributed by atoms with Crippen LogP contribution < -0.4 is 10.2 Å². The van der Waals surface area contributed by atoms with Gasteiger partial charge in [-0.15, -0.1) is 0 Å². The van der Waals surface area contributed by atoms with E-state index in [0.29, 0.717) is 35.7 Å². The number of carbonyl (C=O) groups excluding carboxylic acids is 1. The number of aliphatic hydroxyl groups is 1. The lowest BCUT2D eigenvalue weighted by Crippen LogP contribution is -2.30. The Morgan fingerprint density at radius 3 is 2.67 bits per heavy atom. The second kappa shape index (κ2) is 9.54. The average molecular weight is 487 g/mol. The number of ether oxygens (including phenoxy) is 1. The van der Waals surface area contributed by atoms with Crippen LogP contribution in [0.2, 0.25) is 0 Å². The molecule has 0 unspecified atom stereocenters. The first-order valence-corrected chi connectivity index (χ1v) is 11.8. The first-order chi connectivity index (χ1) is 17.4. The molecule has 2 N–H and O–H groups in total. The molecule has 0 fully saturated rings. The van der Waals surface area contributed by atoms with Crippen LogP contribution in [0.1, 0.15) is 30.5 Å². The van der Waals surface area contributed by atoms with Crippen LogP contribution in [0.25, 0.3) is 11.1 Å². The lowest BCUT2D eigenvalue weighted by atomic mass is 9.92. The van der Waals surface area contributed by atoms with Gasteiger partial charge in [0.15, 0.2) is 0 Å². The summed E-state index contributed by atoms with van der Waals surface area (Å²) in [5.74, 6) is 0.457. The summed E-state index contributed by atoms with van der Waals surface area (Å²) in [4.78, 5) is 23.4. The molecule has 0 saturated carbocycles. The molecule has 8 heteroatoms. The van der Waals surface area contributed by atoms with E-state index in [2.05, 4.69) is 15.3 Å². The number of fused-ring (bicyclic) bond motifs is 1. The highest BCUT2D eigenvalue weighted by Gasteiger charge is 2.38. The van der Waals surface area contributed by atoms with E-state index in [0.717, 1.165) is 28.9 Å². The molecule has 7 nitrogen and oxygen atoms in total. The standard InChI is InChI=1S/C28H27FN4O3/c1-28(2)22(17-24(36-28)26-21-4-3-20(29)16-23(21)32-27(26)35)19-7-11-31-25(15-19)33(13-14-34)12-8-18-5-9-30-10-6-18/h3-7,9-11,15-17,34H,8,12-14H2,1-2H3,(H,32,35). The van der Waals surface area contributed by atoms with Crippen molar-refractivity contribution in [1.82, 2.24) is 9.97 Å². The van der Waals surface area contributed by atoms with Crippen LogP contribution in [0, 0.1) is 5.82 Å². The lowest BCUT2D eigenvalue weighted by molar-refractivity contribution is -0.111. The summed E-state index contributed by atoms with van der Waals surface area (Å²) in [6, 6.07) is 12.1. The molecule has 0 radical (unpaired) electrons. The number of nitrogens with one attached hydrogen (secondary N) is 1. The number of halogens is 1. The molecule has 5 rings (SSSR count). The van der Waals surface area contributed by atoms with Gasteiger partial charge >= 0.3 is 0 Å². The smallest absolute Gasteiger partial charge is 0.260 e. The molecule has 4 heterocycles. The van der Waals surface area contributed by atoms with Gasteiger partial charge < -0.3 is 20.1 Å². The van der Waals surface area contributed by atoms with Crippen molar-refractivity contribution in [3.63, 3.8) is 0 Å². The molecule has 2 aliphatic rings. The summed E-state index contributed by atoms with van der Waals surface area (Å²) in [5.41, 5.74) is 3.70. The fourth-order valence-electron chi connectivity index (χ4n) is 4.64. The highest BCUT2D eigenvalue weighted by Crippen LogP contribution is 2.44. The van der Waals surface area contributed by atoms with E-state index in [-0.39, 0.29) is 12.5 Å². The van der Waals surface area contributed by atoms with Crippen LogP contribution in [0.3, 0.4) is 0 Å². The zero-order chi connectivity index (χ0) is 25.3. The third-order valence-corrected chi connectivity index (χ3v) is 6.43. The predicted molar refractivity (Wildman–Crippen MR) is 137 cm³/mol. The Hall–Kier alpha value is -4.04. The van der Waals surface area contributed by atoms with Crippen molar-refractivity contribution in [2.45, 2.75) is 25.9 Å². The highest BCUT2D eigenvalue weighted by molar-refractivity contribution is 6.32. The van der Waals surface area contributed by atoms with Crippen LogP contribution in [0.15, 0.2) is 72.9 Å². The number of rotatable bonds is 7. The summed E-state index contributed by atoms with van der Waals surface area (Å²) >= 11 is 0. The number of allylic oxidation sites excluding steroid dienone is 1. The molecule has 2 aromatic heterocycles. The van der Waals surface area contributed by atoms with Crippen LogP contribution in [-0.4, -0.2) is 46.3 Å². The Balaban J connectivity index is 1.48. The van der Waals surface area contributed by atoms with Crippen molar-refractivity contribution in [2.75, 3.05) is 29.9 Å². The lowest BCUT2D eigenvalue weighted by Gasteiger charge is -2.26.